The number of ketones is 1. The molecule has 6 rings (SSSR count). The van der Waals surface area contributed by atoms with Crippen LogP contribution in [-0.4, -0.2) is 11.9 Å². The van der Waals surface area contributed by atoms with Gasteiger partial charge in [-0.05, 0) is 111 Å². The van der Waals surface area contributed by atoms with Crippen molar-refractivity contribution in [3.63, 3.8) is 0 Å². The van der Waals surface area contributed by atoms with Gasteiger partial charge in [-0.15, -0.1) is 0 Å². The molecule has 3 unspecified atom stereocenters. The lowest BCUT2D eigenvalue weighted by molar-refractivity contribution is -0.140. The smallest absolute Gasteiger partial charge is 0.136 e. The van der Waals surface area contributed by atoms with Gasteiger partial charge in [-0.3, -0.25) is 4.79 Å². The van der Waals surface area contributed by atoms with Gasteiger partial charge >= 0.3 is 0 Å². The molecule has 0 saturated heterocycles. The van der Waals surface area contributed by atoms with Crippen LogP contribution in [0, 0.1) is 40.9 Å². The van der Waals surface area contributed by atoms with Gasteiger partial charge in [-0.1, -0.05) is 85.7 Å². The van der Waals surface area contributed by atoms with Crippen LogP contribution in [0.1, 0.15) is 88.8 Å². The molecule has 0 amide bonds. The highest BCUT2D eigenvalue weighted by Crippen LogP contribution is 2.70. The van der Waals surface area contributed by atoms with Crippen molar-refractivity contribution in [1.29, 1.82) is 0 Å². The first kappa shape index (κ1) is 26.1. The van der Waals surface area contributed by atoms with Crippen LogP contribution in [0.3, 0.4) is 0 Å². The van der Waals surface area contributed by atoms with Crippen LogP contribution in [0.25, 0.3) is 0 Å². The summed E-state index contributed by atoms with van der Waals surface area (Å²) < 4.78 is 6.46. The van der Waals surface area contributed by atoms with Crippen molar-refractivity contribution < 1.29 is 9.53 Å². The first-order valence-corrected chi connectivity index (χ1v) is 15.2. The van der Waals surface area contributed by atoms with Gasteiger partial charge < -0.3 is 4.74 Å². The van der Waals surface area contributed by atoms with Crippen LogP contribution in [0.2, 0.25) is 0 Å². The molecule has 2 aromatic rings. The van der Waals surface area contributed by atoms with Gasteiger partial charge in [0.15, 0.2) is 0 Å². The predicted molar refractivity (Wildman–Crippen MR) is 155 cm³/mol. The molecule has 0 aromatic heterocycles. The lowest BCUT2D eigenvalue weighted by Gasteiger charge is -2.59. The van der Waals surface area contributed by atoms with E-state index < -0.39 is 0 Å². The van der Waals surface area contributed by atoms with Crippen molar-refractivity contribution in [3.05, 3.63) is 82.9 Å². The Morgan fingerprint density at radius 1 is 0.895 bits per heavy atom. The molecule has 0 spiro atoms. The fraction of sp³-hybridized carbons (Fsp3) is 0.583. The van der Waals surface area contributed by atoms with Crippen molar-refractivity contribution in [2.75, 3.05) is 0 Å². The first-order valence-electron chi connectivity index (χ1n) is 15.2. The van der Waals surface area contributed by atoms with E-state index in [1.807, 2.05) is 6.92 Å². The van der Waals surface area contributed by atoms with Crippen molar-refractivity contribution in [2.24, 2.45) is 34.0 Å². The fourth-order valence-electron chi connectivity index (χ4n) is 9.74. The molecule has 3 fully saturated rings. The molecule has 7 atom stereocenters. The summed E-state index contributed by atoms with van der Waals surface area (Å²) in [5.74, 6) is 2.54. The number of ether oxygens (including phenoxy) is 1. The molecule has 0 radical (unpaired) electrons. The number of allylic oxidation sites excluding steroid dienone is 1. The number of rotatable bonds is 6. The zero-order chi connectivity index (χ0) is 26.5. The highest BCUT2D eigenvalue weighted by molar-refractivity contribution is 5.84. The third kappa shape index (κ3) is 4.14. The molecule has 4 aliphatic carbocycles. The molecule has 2 nitrogen and oxygen atoms in total. The van der Waals surface area contributed by atoms with Crippen LogP contribution in [-0.2, 0) is 22.6 Å². The summed E-state index contributed by atoms with van der Waals surface area (Å²) >= 11 is 0. The molecule has 0 N–H and O–H groups in total. The molecule has 2 heteroatoms. The van der Waals surface area contributed by atoms with Crippen LogP contribution in [0.15, 0.2) is 66.2 Å². The zero-order valence-electron chi connectivity index (χ0n) is 24.0. The van der Waals surface area contributed by atoms with E-state index in [-0.39, 0.29) is 10.8 Å². The molecular formula is C36H46O2. The monoisotopic (exact) mass is 510 g/mol. The van der Waals surface area contributed by atoms with Crippen LogP contribution in [0.5, 0.6) is 0 Å². The highest BCUT2D eigenvalue weighted by Gasteiger charge is 2.65. The van der Waals surface area contributed by atoms with E-state index in [4.69, 9.17) is 4.74 Å². The quantitative estimate of drug-likeness (QED) is 0.363. The SMILES string of the molecule is CC(=O)[C@@]1(Cc2ccccc2)CCC2C3CC=C4C[C@@H](OCc5ccc(C)cc5)CC[C@]4(C)C3CC[C@@]21C. The Bertz CT molecular complexity index is 1200. The van der Waals surface area contributed by atoms with E-state index >= 15 is 0 Å². The van der Waals surface area contributed by atoms with Gasteiger partial charge in [0.05, 0.1) is 12.7 Å². The minimum absolute atomic E-state index is 0.103. The average Bonchev–Trinajstić information content (AvgIpc) is 3.22. The third-order valence-electron chi connectivity index (χ3n) is 12.1. The molecule has 4 aliphatic rings. The lowest BCUT2D eigenvalue weighted by Crippen LogP contribution is -2.54. The number of fused-ring (bicyclic) bond motifs is 5. The van der Waals surface area contributed by atoms with E-state index in [1.165, 1.54) is 48.8 Å². The van der Waals surface area contributed by atoms with E-state index in [9.17, 15) is 4.79 Å². The summed E-state index contributed by atoms with van der Waals surface area (Å²) in [5, 5.41) is 0. The predicted octanol–water partition coefficient (Wildman–Crippen LogP) is 8.66. The van der Waals surface area contributed by atoms with Crippen LogP contribution >= 0.6 is 0 Å². The maximum Gasteiger partial charge on any atom is 0.136 e. The number of hydrogen-bond acceptors (Lipinski definition) is 2. The fourth-order valence-corrected chi connectivity index (χ4v) is 9.74. The molecular weight excluding hydrogens is 464 g/mol. The zero-order valence-corrected chi connectivity index (χ0v) is 24.0. The number of hydrogen-bond donors (Lipinski definition) is 0. The number of aryl methyl sites for hydroxylation is 1. The van der Waals surface area contributed by atoms with Gasteiger partial charge in [0.1, 0.15) is 5.78 Å². The third-order valence-corrected chi connectivity index (χ3v) is 12.1. The molecule has 0 bridgehead atoms. The minimum Gasteiger partial charge on any atom is -0.373 e. The number of Topliss-reactive ketones (excluding diaryl/α,β-unsaturated/α-hetero) is 1. The average molecular weight is 511 g/mol. The Labute approximate surface area is 230 Å². The Morgan fingerprint density at radius 2 is 1.63 bits per heavy atom. The normalized spacial score (nSPS) is 38.1. The summed E-state index contributed by atoms with van der Waals surface area (Å²) in [7, 11) is 0. The van der Waals surface area contributed by atoms with Crippen molar-refractivity contribution in [2.45, 2.75) is 98.2 Å². The molecule has 3 saturated carbocycles. The minimum atomic E-state index is -0.212. The van der Waals surface area contributed by atoms with E-state index in [1.54, 1.807) is 5.57 Å². The summed E-state index contributed by atoms with van der Waals surface area (Å²) in [4.78, 5) is 13.5. The van der Waals surface area contributed by atoms with Crippen molar-refractivity contribution in [3.8, 4) is 0 Å². The van der Waals surface area contributed by atoms with Gasteiger partial charge in [0.2, 0.25) is 0 Å². The van der Waals surface area contributed by atoms with Crippen LogP contribution < -0.4 is 0 Å². The Balaban J connectivity index is 1.20. The first-order chi connectivity index (χ1) is 18.2. The molecule has 2 aromatic carbocycles. The van der Waals surface area contributed by atoms with Crippen molar-refractivity contribution in [1.82, 2.24) is 0 Å². The highest BCUT2D eigenvalue weighted by atomic mass is 16.5. The molecule has 38 heavy (non-hydrogen) atoms. The standard InChI is InChI=1S/C36H46O2/c1-25-10-12-28(13-11-25)24-38-30-16-19-34(3)29(22-30)14-15-31-32(34)17-20-35(4)33(31)18-21-36(35,26(2)37)23-27-8-6-5-7-9-27/h5-14,30-33H,15-24H2,1-4H3/t30-,31?,32?,33?,34-,35-,36-/m0/s1. The van der Waals surface area contributed by atoms with Crippen molar-refractivity contribution >= 4 is 5.78 Å². The maximum absolute atomic E-state index is 13.5. The molecule has 0 aliphatic heterocycles. The lowest BCUT2D eigenvalue weighted by atomic mass is 9.45. The number of carbonyl (C=O) groups is 1. The van der Waals surface area contributed by atoms with E-state index in [2.05, 4.69) is 81.4 Å². The Morgan fingerprint density at radius 3 is 2.37 bits per heavy atom. The van der Waals surface area contributed by atoms with Gasteiger partial charge in [0, 0.05) is 5.41 Å². The largest absolute Gasteiger partial charge is 0.373 e. The second kappa shape index (κ2) is 9.77. The Hall–Kier alpha value is -2.19. The summed E-state index contributed by atoms with van der Waals surface area (Å²) in [6.45, 7) is 9.82. The topological polar surface area (TPSA) is 26.3 Å². The van der Waals surface area contributed by atoms with Gasteiger partial charge in [0.25, 0.3) is 0 Å². The Kier molecular flexibility index (Phi) is 6.70. The van der Waals surface area contributed by atoms with Gasteiger partial charge in [-0.2, -0.15) is 0 Å². The summed E-state index contributed by atoms with van der Waals surface area (Å²) in [6.07, 6.45) is 13.3. The summed E-state index contributed by atoms with van der Waals surface area (Å²) in [6, 6.07) is 19.6. The second-order valence-electron chi connectivity index (χ2n) is 13.7. The number of benzene rings is 2. The molecule has 202 valence electrons. The van der Waals surface area contributed by atoms with E-state index in [0.717, 1.165) is 38.2 Å². The van der Waals surface area contributed by atoms with E-state index in [0.29, 0.717) is 29.1 Å². The van der Waals surface area contributed by atoms with Gasteiger partial charge in [-0.25, -0.2) is 0 Å². The maximum atomic E-state index is 13.5. The number of carbonyl (C=O) groups excluding carboxylic acids is 1. The second-order valence-corrected chi connectivity index (χ2v) is 13.7. The van der Waals surface area contributed by atoms with Crippen LogP contribution in [0.4, 0.5) is 0 Å². The summed E-state index contributed by atoms with van der Waals surface area (Å²) in [5.41, 5.74) is 5.77. The molecule has 0 heterocycles.